The smallest absolute Gasteiger partial charge is 0.298 e. The summed E-state index contributed by atoms with van der Waals surface area (Å²) in [4.78, 5) is 12.4. The fourth-order valence-corrected chi connectivity index (χ4v) is 0.797. The number of hydrogen-bond donors (Lipinski definition) is 1. The van der Waals surface area contributed by atoms with Gasteiger partial charge < -0.3 is 4.90 Å². The molecule has 0 bridgehead atoms. The minimum absolute atomic E-state index is 0.276. The van der Waals surface area contributed by atoms with Crippen LogP contribution in [0, 0.1) is 12.3 Å². The van der Waals surface area contributed by atoms with E-state index in [0.29, 0.717) is 5.82 Å². The number of nitrogens with one attached hydrogen (secondary N) is 1. The maximum absolute atomic E-state index is 11.1. The van der Waals surface area contributed by atoms with Crippen LogP contribution in [-0.2, 0) is 4.79 Å². The van der Waals surface area contributed by atoms with Crippen molar-refractivity contribution in [2.45, 2.75) is 13.0 Å². The van der Waals surface area contributed by atoms with Crippen molar-refractivity contribution in [3.8, 4) is 12.3 Å². The number of amides is 1. The lowest BCUT2D eigenvalue weighted by molar-refractivity contribution is -0.125. The fourth-order valence-electron chi connectivity index (χ4n) is 0.797. The number of carbonyl (C=O) groups excluding carboxylic acids is 1. The van der Waals surface area contributed by atoms with Crippen LogP contribution in [0.4, 0.5) is 0 Å². The molecule has 13 heavy (non-hydrogen) atoms. The predicted octanol–water partition coefficient (Wildman–Crippen LogP) is -0.648. The van der Waals surface area contributed by atoms with E-state index in [0.717, 1.165) is 0 Å². The van der Waals surface area contributed by atoms with E-state index in [1.807, 2.05) is 5.92 Å². The summed E-state index contributed by atoms with van der Waals surface area (Å²) >= 11 is 0. The van der Waals surface area contributed by atoms with Crippen LogP contribution < -0.4 is 0 Å². The Morgan fingerprint density at radius 1 is 1.77 bits per heavy atom. The topological polar surface area (TPSA) is 74.8 Å². The second kappa shape index (κ2) is 3.67. The summed E-state index contributed by atoms with van der Waals surface area (Å²) in [6, 6.07) is -0.276. The van der Waals surface area contributed by atoms with Crippen LogP contribution in [0.3, 0.4) is 0 Å². The zero-order chi connectivity index (χ0) is 9.84. The highest BCUT2D eigenvalue weighted by Gasteiger charge is 2.18. The molecule has 0 radical (unpaired) electrons. The standard InChI is InChI=1S/C7H9N5O/c1-4-6(13)12(3)5(2)7-8-10-11-9-7/h1,5H,2-3H3,(H,8,9,10,11). The van der Waals surface area contributed by atoms with E-state index in [-0.39, 0.29) is 6.04 Å². The highest BCUT2D eigenvalue weighted by atomic mass is 16.2. The number of rotatable bonds is 2. The molecule has 0 aromatic carbocycles. The van der Waals surface area contributed by atoms with Gasteiger partial charge in [0.2, 0.25) is 0 Å². The SMILES string of the molecule is C#CC(=O)N(C)C(C)c1nn[nH]n1. The maximum Gasteiger partial charge on any atom is 0.298 e. The van der Waals surface area contributed by atoms with E-state index in [1.165, 1.54) is 4.90 Å². The minimum Gasteiger partial charge on any atom is -0.325 e. The molecule has 68 valence electrons. The first-order valence-electron chi connectivity index (χ1n) is 3.63. The summed E-state index contributed by atoms with van der Waals surface area (Å²) in [6.45, 7) is 1.76. The summed E-state index contributed by atoms with van der Waals surface area (Å²) in [5.41, 5.74) is 0. The van der Waals surface area contributed by atoms with E-state index in [9.17, 15) is 4.79 Å². The van der Waals surface area contributed by atoms with Crippen molar-refractivity contribution in [1.29, 1.82) is 0 Å². The van der Waals surface area contributed by atoms with Crippen molar-refractivity contribution in [1.82, 2.24) is 25.5 Å². The number of hydrogen-bond acceptors (Lipinski definition) is 4. The molecule has 0 aliphatic carbocycles. The highest BCUT2D eigenvalue weighted by Crippen LogP contribution is 2.11. The Kier molecular flexibility index (Phi) is 2.59. The van der Waals surface area contributed by atoms with Crippen LogP contribution in [0.15, 0.2) is 0 Å². The van der Waals surface area contributed by atoms with Gasteiger partial charge in [-0.1, -0.05) is 5.21 Å². The number of aromatic nitrogens is 4. The van der Waals surface area contributed by atoms with Gasteiger partial charge in [-0.25, -0.2) is 0 Å². The Morgan fingerprint density at radius 3 is 2.92 bits per heavy atom. The Bertz CT molecular complexity index is 325. The Morgan fingerprint density at radius 2 is 2.46 bits per heavy atom. The predicted molar refractivity (Wildman–Crippen MR) is 44.2 cm³/mol. The lowest BCUT2D eigenvalue weighted by Crippen LogP contribution is -2.28. The molecule has 1 aromatic heterocycles. The number of terminal acetylenes is 1. The molecule has 0 aliphatic heterocycles. The summed E-state index contributed by atoms with van der Waals surface area (Å²) in [5.74, 6) is 2.04. The van der Waals surface area contributed by atoms with E-state index in [2.05, 4.69) is 20.6 Å². The number of tetrazole rings is 1. The van der Waals surface area contributed by atoms with Gasteiger partial charge in [0.1, 0.15) is 0 Å². The molecule has 6 nitrogen and oxygen atoms in total. The molecule has 0 aliphatic rings. The van der Waals surface area contributed by atoms with E-state index >= 15 is 0 Å². The molecule has 0 fully saturated rings. The van der Waals surface area contributed by atoms with Crippen molar-refractivity contribution in [3.05, 3.63) is 5.82 Å². The monoisotopic (exact) mass is 179 g/mol. The number of carbonyl (C=O) groups is 1. The van der Waals surface area contributed by atoms with Crippen molar-refractivity contribution < 1.29 is 4.79 Å². The van der Waals surface area contributed by atoms with Gasteiger partial charge in [0.25, 0.3) is 5.91 Å². The van der Waals surface area contributed by atoms with Gasteiger partial charge in [0, 0.05) is 7.05 Å². The molecule has 1 heterocycles. The molecule has 0 saturated carbocycles. The van der Waals surface area contributed by atoms with Crippen LogP contribution in [0.25, 0.3) is 0 Å². The molecular formula is C7H9N5O. The van der Waals surface area contributed by atoms with E-state index in [1.54, 1.807) is 14.0 Å². The molecular weight excluding hydrogens is 170 g/mol. The average molecular weight is 179 g/mol. The lowest BCUT2D eigenvalue weighted by atomic mass is 10.3. The molecule has 1 amide bonds. The zero-order valence-electron chi connectivity index (χ0n) is 7.35. The molecule has 6 heteroatoms. The molecule has 1 N–H and O–H groups in total. The highest BCUT2D eigenvalue weighted by molar-refractivity contribution is 5.92. The van der Waals surface area contributed by atoms with Crippen molar-refractivity contribution in [2.24, 2.45) is 0 Å². The van der Waals surface area contributed by atoms with Gasteiger partial charge >= 0.3 is 0 Å². The maximum atomic E-state index is 11.1. The zero-order valence-corrected chi connectivity index (χ0v) is 7.35. The van der Waals surface area contributed by atoms with Gasteiger partial charge in [0.05, 0.1) is 6.04 Å². The number of H-pyrrole nitrogens is 1. The third kappa shape index (κ3) is 1.82. The summed E-state index contributed by atoms with van der Waals surface area (Å²) < 4.78 is 0. The van der Waals surface area contributed by atoms with Gasteiger partial charge in [-0.05, 0) is 12.8 Å². The van der Waals surface area contributed by atoms with E-state index < -0.39 is 5.91 Å². The van der Waals surface area contributed by atoms with Gasteiger partial charge in [-0.3, -0.25) is 4.79 Å². The third-order valence-electron chi connectivity index (χ3n) is 1.76. The number of aromatic amines is 1. The minimum atomic E-state index is -0.405. The molecule has 1 aromatic rings. The van der Waals surface area contributed by atoms with E-state index in [4.69, 9.17) is 6.42 Å². The lowest BCUT2D eigenvalue weighted by Gasteiger charge is -2.18. The quantitative estimate of drug-likeness (QED) is 0.612. The first-order chi connectivity index (χ1) is 6.16. The normalized spacial score (nSPS) is 11.8. The number of nitrogens with zero attached hydrogens (tertiary/aromatic N) is 4. The van der Waals surface area contributed by atoms with Crippen LogP contribution in [0.1, 0.15) is 18.8 Å². The van der Waals surface area contributed by atoms with Crippen LogP contribution in [-0.4, -0.2) is 38.5 Å². The Balaban J connectivity index is 2.75. The van der Waals surface area contributed by atoms with Crippen molar-refractivity contribution in [2.75, 3.05) is 7.05 Å². The molecule has 1 rings (SSSR count). The van der Waals surface area contributed by atoms with Crippen molar-refractivity contribution >= 4 is 5.91 Å². The second-order valence-corrected chi connectivity index (χ2v) is 2.51. The Hall–Kier alpha value is -1.90. The largest absolute Gasteiger partial charge is 0.325 e. The molecule has 1 atom stereocenters. The van der Waals surface area contributed by atoms with Gasteiger partial charge in [-0.2, -0.15) is 5.21 Å². The summed E-state index contributed by atoms with van der Waals surface area (Å²) in [6.07, 6.45) is 4.96. The summed E-state index contributed by atoms with van der Waals surface area (Å²) in [7, 11) is 1.59. The third-order valence-corrected chi connectivity index (χ3v) is 1.76. The Labute approximate surface area is 75.3 Å². The van der Waals surface area contributed by atoms with Crippen molar-refractivity contribution in [3.63, 3.8) is 0 Å². The first kappa shape index (κ1) is 9.19. The van der Waals surface area contributed by atoms with Crippen LogP contribution in [0.2, 0.25) is 0 Å². The average Bonchev–Trinajstić information content (AvgIpc) is 2.67. The van der Waals surface area contributed by atoms with Crippen LogP contribution in [0.5, 0.6) is 0 Å². The van der Waals surface area contributed by atoms with Gasteiger partial charge in [-0.15, -0.1) is 16.6 Å². The summed E-state index contributed by atoms with van der Waals surface area (Å²) in [5, 5.41) is 13.2. The first-order valence-corrected chi connectivity index (χ1v) is 3.63. The molecule has 0 saturated heterocycles. The molecule has 0 spiro atoms. The molecule has 1 unspecified atom stereocenters. The van der Waals surface area contributed by atoms with Crippen LogP contribution >= 0.6 is 0 Å². The fraction of sp³-hybridized carbons (Fsp3) is 0.429. The second-order valence-electron chi connectivity index (χ2n) is 2.51. The van der Waals surface area contributed by atoms with Gasteiger partial charge in [0.15, 0.2) is 5.82 Å².